The molecule has 0 saturated heterocycles. The molecule has 1 aromatic heterocycles. The van der Waals surface area contributed by atoms with E-state index in [2.05, 4.69) is 36.3 Å². The molecule has 1 heterocycles. The first-order valence-electron chi connectivity index (χ1n) is 3.58. The molecular formula is C7H11N3OS. The molecule has 1 aromatic rings. The van der Waals surface area contributed by atoms with E-state index in [4.69, 9.17) is 0 Å². The van der Waals surface area contributed by atoms with Gasteiger partial charge in [0.05, 0.1) is 0 Å². The SMILES string of the molecule is CC(C)(C)c1nnc(NC=O)s1. The number of hydrogen-bond acceptors (Lipinski definition) is 4. The first-order chi connectivity index (χ1) is 5.54. The largest absolute Gasteiger partial charge is 0.303 e. The normalized spacial score (nSPS) is 11.2. The molecular weight excluding hydrogens is 174 g/mol. The van der Waals surface area contributed by atoms with Crippen molar-refractivity contribution in [3.8, 4) is 0 Å². The second kappa shape index (κ2) is 3.18. The lowest BCUT2D eigenvalue weighted by molar-refractivity contribution is -0.105. The molecule has 0 atom stereocenters. The van der Waals surface area contributed by atoms with E-state index in [1.807, 2.05) is 0 Å². The third-order valence-corrected chi connectivity index (χ3v) is 2.53. The zero-order chi connectivity index (χ0) is 9.19. The van der Waals surface area contributed by atoms with E-state index in [-0.39, 0.29) is 5.41 Å². The lowest BCUT2D eigenvalue weighted by Gasteiger charge is -2.11. The van der Waals surface area contributed by atoms with Crippen LogP contribution in [0.25, 0.3) is 0 Å². The Balaban J connectivity index is 2.84. The fourth-order valence-electron chi connectivity index (χ4n) is 0.635. The van der Waals surface area contributed by atoms with Crippen LogP contribution in [0.2, 0.25) is 0 Å². The number of nitrogens with zero attached hydrogens (tertiary/aromatic N) is 2. The zero-order valence-electron chi connectivity index (χ0n) is 7.29. The second-order valence-corrected chi connectivity index (χ2v) is 4.40. The van der Waals surface area contributed by atoms with E-state index in [0.29, 0.717) is 11.5 Å². The van der Waals surface area contributed by atoms with Crippen molar-refractivity contribution in [2.75, 3.05) is 5.32 Å². The first-order valence-corrected chi connectivity index (χ1v) is 4.40. The topological polar surface area (TPSA) is 54.9 Å². The lowest BCUT2D eigenvalue weighted by atomic mass is 9.98. The van der Waals surface area contributed by atoms with Gasteiger partial charge < -0.3 is 5.32 Å². The third-order valence-electron chi connectivity index (χ3n) is 1.25. The van der Waals surface area contributed by atoms with Gasteiger partial charge in [-0.2, -0.15) is 0 Å². The zero-order valence-corrected chi connectivity index (χ0v) is 8.10. The molecule has 1 amide bonds. The molecule has 1 N–H and O–H groups in total. The van der Waals surface area contributed by atoms with Crippen LogP contribution in [0.1, 0.15) is 25.8 Å². The molecule has 66 valence electrons. The van der Waals surface area contributed by atoms with Gasteiger partial charge in [0.2, 0.25) is 11.5 Å². The van der Waals surface area contributed by atoms with E-state index in [1.54, 1.807) is 0 Å². The summed E-state index contributed by atoms with van der Waals surface area (Å²) in [6.45, 7) is 6.16. The summed E-state index contributed by atoms with van der Waals surface area (Å²) in [5.74, 6) is 0. The molecule has 5 heteroatoms. The molecule has 1 rings (SSSR count). The van der Waals surface area contributed by atoms with Crippen LogP contribution in [0, 0.1) is 0 Å². The van der Waals surface area contributed by atoms with Gasteiger partial charge in [-0.25, -0.2) is 0 Å². The van der Waals surface area contributed by atoms with E-state index in [0.717, 1.165) is 5.01 Å². The number of carbonyl (C=O) groups excluding carboxylic acids is 1. The molecule has 0 fully saturated rings. The van der Waals surface area contributed by atoms with Gasteiger partial charge in [-0.3, -0.25) is 4.79 Å². The molecule has 0 aliphatic rings. The maximum Gasteiger partial charge on any atom is 0.213 e. The van der Waals surface area contributed by atoms with Gasteiger partial charge in [-0.1, -0.05) is 32.1 Å². The Labute approximate surface area is 75.0 Å². The highest BCUT2D eigenvalue weighted by molar-refractivity contribution is 7.15. The monoisotopic (exact) mass is 185 g/mol. The maximum absolute atomic E-state index is 10.1. The summed E-state index contributed by atoms with van der Waals surface area (Å²) in [5.41, 5.74) is 0.000477. The first kappa shape index (κ1) is 9.12. The van der Waals surface area contributed by atoms with Crippen LogP contribution in [0.3, 0.4) is 0 Å². The number of anilines is 1. The van der Waals surface area contributed by atoms with E-state index in [9.17, 15) is 4.79 Å². The molecule has 4 nitrogen and oxygen atoms in total. The van der Waals surface area contributed by atoms with Crippen LogP contribution < -0.4 is 5.32 Å². The summed E-state index contributed by atoms with van der Waals surface area (Å²) in [6.07, 6.45) is 0.604. The van der Waals surface area contributed by atoms with Crippen molar-refractivity contribution >= 4 is 22.9 Å². The van der Waals surface area contributed by atoms with E-state index in [1.165, 1.54) is 11.3 Å². The van der Waals surface area contributed by atoms with Gasteiger partial charge >= 0.3 is 0 Å². The number of hydrogen-bond donors (Lipinski definition) is 1. The number of rotatable bonds is 2. The summed E-state index contributed by atoms with van der Waals surface area (Å²) in [4.78, 5) is 10.1. The molecule has 0 bridgehead atoms. The van der Waals surface area contributed by atoms with Crippen LogP contribution >= 0.6 is 11.3 Å². The highest BCUT2D eigenvalue weighted by Gasteiger charge is 2.18. The van der Waals surface area contributed by atoms with Crippen LogP contribution in [0.15, 0.2) is 0 Å². The van der Waals surface area contributed by atoms with Crippen molar-refractivity contribution in [3.05, 3.63) is 5.01 Å². The average Bonchev–Trinajstić information content (AvgIpc) is 2.35. The minimum atomic E-state index is 0.000477. The Hall–Kier alpha value is -0.970. The number of nitrogens with one attached hydrogen (secondary N) is 1. The summed E-state index contributed by atoms with van der Waals surface area (Å²) < 4.78 is 0. The van der Waals surface area contributed by atoms with Crippen molar-refractivity contribution in [3.63, 3.8) is 0 Å². The summed E-state index contributed by atoms with van der Waals surface area (Å²) in [7, 11) is 0. The minimum Gasteiger partial charge on any atom is -0.303 e. The highest BCUT2D eigenvalue weighted by atomic mass is 32.1. The Kier molecular flexibility index (Phi) is 2.42. The van der Waals surface area contributed by atoms with Gasteiger partial charge in [0.1, 0.15) is 5.01 Å². The molecule has 0 unspecified atom stereocenters. The van der Waals surface area contributed by atoms with Gasteiger partial charge in [-0.05, 0) is 0 Å². The number of amides is 1. The Morgan fingerprint density at radius 1 is 1.42 bits per heavy atom. The molecule has 0 aromatic carbocycles. The fraction of sp³-hybridized carbons (Fsp3) is 0.571. The molecule has 0 radical (unpaired) electrons. The Morgan fingerprint density at radius 3 is 2.50 bits per heavy atom. The predicted molar refractivity (Wildman–Crippen MR) is 48.3 cm³/mol. The Bertz CT molecular complexity index is 276. The average molecular weight is 185 g/mol. The minimum absolute atomic E-state index is 0.000477. The van der Waals surface area contributed by atoms with Gasteiger partial charge in [0, 0.05) is 5.41 Å². The van der Waals surface area contributed by atoms with Crippen molar-refractivity contribution in [1.29, 1.82) is 0 Å². The molecule has 12 heavy (non-hydrogen) atoms. The van der Waals surface area contributed by atoms with E-state index < -0.39 is 0 Å². The fourth-order valence-corrected chi connectivity index (χ4v) is 1.39. The van der Waals surface area contributed by atoms with Crippen LogP contribution in [0.4, 0.5) is 5.13 Å². The van der Waals surface area contributed by atoms with Gasteiger partial charge in [-0.15, -0.1) is 10.2 Å². The quantitative estimate of drug-likeness (QED) is 0.709. The second-order valence-electron chi connectivity index (χ2n) is 3.42. The van der Waals surface area contributed by atoms with E-state index >= 15 is 0 Å². The molecule has 0 saturated carbocycles. The van der Waals surface area contributed by atoms with Crippen LogP contribution in [-0.2, 0) is 10.2 Å². The number of aromatic nitrogens is 2. The summed E-state index contributed by atoms with van der Waals surface area (Å²) in [5, 5.41) is 11.7. The summed E-state index contributed by atoms with van der Waals surface area (Å²) in [6, 6.07) is 0. The molecule has 0 spiro atoms. The van der Waals surface area contributed by atoms with Crippen molar-refractivity contribution in [2.45, 2.75) is 26.2 Å². The smallest absolute Gasteiger partial charge is 0.213 e. The number of carbonyl (C=O) groups is 1. The third kappa shape index (κ3) is 2.01. The Morgan fingerprint density at radius 2 is 2.08 bits per heavy atom. The van der Waals surface area contributed by atoms with Crippen molar-refractivity contribution in [1.82, 2.24) is 10.2 Å². The predicted octanol–water partition coefficient (Wildman–Crippen LogP) is 1.40. The lowest BCUT2D eigenvalue weighted by Crippen LogP contribution is -2.10. The van der Waals surface area contributed by atoms with Crippen molar-refractivity contribution in [2.24, 2.45) is 0 Å². The highest BCUT2D eigenvalue weighted by Crippen LogP contribution is 2.27. The van der Waals surface area contributed by atoms with Gasteiger partial charge in [0.25, 0.3) is 0 Å². The maximum atomic E-state index is 10.1. The standard InChI is InChI=1S/C7H11N3OS/c1-7(2,3)5-9-10-6(12-5)8-4-11/h4H,1-3H3,(H,8,10,11). The van der Waals surface area contributed by atoms with Crippen LogP contribution in [-0.4, -0.2) is 16.6 Å². The van der Waals surface area contributed by atoms with Crippen molar-refractivity contribution < 1.29 is 4.79 Å². The molecule has 0 aliphatic heterocycles. The molecule has 0 aliphatic carbocycles. The summed E-state index contributed by atoms with van der Waals surface area (Å²) >= 11 is 1.40. The van der Waals surface area contributed by atoms with Crippen LogP contribution in [0.5, 0.6) is 0 Å². The van der Waals surface area contributed by atoms with Gasteiger partial charge in [0.15, 0.2) is 0 Å².